The fourth-order valence-corrected chi connectivity index (χ4v) is 3.33. The number of nitrogens with two attached hydrogens (primary N) is 1. The Bertz CT molecular complexity index is 724. The highest BCUT2D eigenvalue weighted by molar-refractivity contribution is 7.15. The normalized spacial score (nSPS) is 16.6. The summed E-state index contributed by atoms with van der Waals surface area (Å²) in [6, 6.07) is 3.44. The lowest BCUT2D eigenvalue weighted by molar-refractivity contribution is -0.137. The van der Waals surface area contributed by atoms with Gasteiger partial charge in [-0.05, 0) is 31.0 Å². The van der Waals surface area contributed by atoms with Crippen LogP contribution < -0.4 is 10.5 Å². The number of halogens is 3. The van der Waals surface area contributed by atoms with Crippen LogP contribution in [0.1, 0.15) is 29.4 Å². The molecule has 1 atom stereocenters. The first-order valence-corrected chi connectivity index (χ1v) is 7.47. The van der Waals surface area contributed by atoms with E-state index in [-0.39, 0.29) is 11.9 Å². The Hall–Kier alpha value is -2.02. The summed E-state index contributed by atoms with van der Waals surface area (Å²) in [7, 11) is 0. The van der Waals surface area contributed by atoms with Gasteiger partial charge in [-0.2, -0.15) is 13.2 Å². The highest BCUT2D eigenvalue weighted by atomic mass is 32.1. The Morgan fingerprint density at radius 1 is 1.41 bits per heavy atom. The molecule has 1 unspecified atom stereocenters. The molecule has 2 heterocycles. The highest BCUT2D eigenvalue weighted by Crippen LogP contribution is 2.48. The van der Waals surface area contributed by atoms with Crippen molar-refractivity contribution in [2.45, 2.75) is 25.1 Å². The molecule has 0 amide bonds. The van der Waals surface area contributed by atoms with Crippen LogP contribution in [0.5, 0.6) is 5.75 Å². The number of benzene rings is 1. The van der Waals surface area contributed by atoms with E-state index in [1.807, 2.05) is 0 Å². The van der Waals surface area contributed by atoms with Crippen molar-refractivity contribution in [3.8, 4) is 17.0 Å². The van der Waals surface area contributed by atoms with Crippen molar-refractivity contribution < 1.29 is 17.9 Å². The topological polar surface area (TPSA) is 48.1 Å². The smallest absolute Gasteiger partial charge is 0.416 e. The maximum absolute atomic E-state index is 12.9. The molecular formula is C15H13F3N2OS. The summed E-state index contributed by atoms with van der Waals surface area (Å²) in [6.45, 7) is 3.66. The predicted molar refractivity (Wildman–Crippen MR) is 79.8 cm³/mol. The molecule has 1 aromatic heterocycles. The minimum atomic E-state index is -4.41. The first-order valence-electron chi connectivity index (χ1n) is 6.65. The molecule has 1 aromatic carbocycles. The zero-order valence-electron chi connectivity index (χ0n) is 11.5. The number of nitrogen functional groups attached to an aromatic ring is 1. The van der Waals surface area contributed by atoms with Gasteiger partial charge in [-0.15, -0.1) is 6.58 Å². The van der Waals surface area contributed by atoms with Gasteiger partial charge in [0.25, 0.3) is 0 Å². The Morgan fingerprint density at radius 3 is 2.86 bits per heavy atom. The molecular weight excluding hydrogens is 313 g/mol. The number of alkyl halides is 3. The molecule has 1 aliphatic rings. The maximum Gasteiger partial charge on any atom is 0.416 e. The van der Waals surface area contributed by atoms with Crippen LogP contribution in [-0.2, 0) is 6.18 Å². The predicted octanol–water partition coefficient (Wildman–Crippen LogP) is 4.81. The molecule has 7 heteroatoms. The number of aromatic nitrogens is 1. The first-order chi connectivity index (χ1) is 10.4. The van der Waals surface area contributed by atoms with Crippen molar-refractivity contribution in [1.29, 1.82) is 0 Å². The summed E-state index contributed by atoms with van der Waals surface area (Å²) in [6.07, 6.45) is -1.70. The Morgan fingerprint density at radius 2 is 2.18 bits per heavy atom. The molecule has 22 heavy (non-hydrogen) atoms. The molecule has 3 rings (SSSR count). The Balaban J connectivity index is 2.08. The fourth-order valence-electron chi connectivity index (χ4n) is 2.42. The molecule has 2 N–H and O–H groups in total. The van der Waals surface area contributed by atoms with Crippen molar-refractivity contribution in [1.82, 2.24) is 4.98 Å². The molecule has 3 nitrogen and oxygen atoms in total. The van der Waals surface area contributed by atoms with Crippen molar-refractivity contribution in [3.05, 3.63) is 41.3 Å². The minimum absolute atomic E-state index is 0.196. The van der Waals surface area contributed by atoms with Gasteiger partial charge in [0.15, 0.2) is 5.13 Å². The van der Waals surface area contributed by atoms with Crippen LogP contribution in [0, 0.1) is 0 Å². The fraction of sp³-hybridized carbons (Fsp3) is 0.267. The third-order valence-corrected chi connectivity index (χ3v) is 4.41. The summed E-state index contributed by atoms with van der Waals surface area (Å²) < 4.78 is 44.3. The van der Waals surface area contributed by atoms with Gasteiger partial charge in [-0.3, -0.25) is 0 Å². The second-order valence-electron chi connectivity index (χ2n) is 4.95. The van der Waals surface area contributed by atoms with Gasteiger partial charge in [0, 0.05) is 5.56 Å². The van der Waals surface area contributed by atoms with Gasteiger partial charge < -0.3 is 10.5 Å². The van der Waals surface area contributed by atoms with Crippen LogP contribution in [0.25, 0.3) is 11.3 Å². The molecule has 0 spiro atoms. The molecule has 0 fully saturated rings. The van der Waals surface area contributed by atoms with Gasteiger partial charge in [0.05, 0.1) is 16.1 Å². The van der Waals surface area contributed by atoms with E-state index in [0.29, 0.717) is 29.2 Å². The quantitative estimate of drug-likeness (QED) is 0.823. The SMILES string of the molecule is C=CCCC1Oc2cc(C(F)(F)F)ccc2-c2nc(N)sc21. The van der Waals surface area contributed by atoms with Gasteiger partial charge in [0.2, 0.25) is 0 Å². The largest absolute Gasteiger partial charge is 0.484 e. The van der Waals surface area contributed by atoms with E-state index in [0.717, 1.165) is 17.0 Å². The summed E-state index contributed by atoms with van der Waals surface area (Å²) in [5.74, 6) is 0.196. The van der Waals surface area contributed by atoms with Crippen LogP contribution in [0.2, 0.25) is 0 Å². The Kier molecular flexibility index (Phi) is 3.60. The van der Waals surface area contributed by atoms with Crippen molar-refractivity contribution in [2.24, 2.45) is 0 Å². The molecule has 116 valence electrons. The number of anilines is 1. The summed E-state index contributed by atoms with van der Waals surface area (Å²) in [5.41, 5.74) is 6.19. The molecule has 0 saturated carbocycles. The average Bonchev–Trinajstić information content (AvgIpc) is 2.85. The van der Waals surface area contributed by atoms with Crippen LogP contribution in [-0.4, -0.2) is 4.98 Å². The lowest BCUT2D eigenvalue weighted by atomic mass is 10.00. The number of hydrogen-bond donors (Lipinski definition) is 1. The second kappa shape index (κ2) is 5.31. The first kappa shape index (κ1) is 14.9. The van der Waals surface area contributed by atoms with Crippen LogP contribution in [0.4, 0.5) is 18.3 Å². The molecule has 1 aliphatic heterocycles. The maximum atomic E-state index is 12.9. The number of rotatable bonds is 3. The van der Waals surface area contributed by atoms with E-state index >= 15 is 0 Å². The molecule has 0 aliphatic carbocycles. The number of thiazole rings is 1. The van der Waals surface area contributed by atoms with E-state index in [1.54, 1.807) is 6.08 Å². The van der Waals surface area contributed by atoms with E-state index < -0.39 is 11.7 Å². The number of ether oxygens (including phenoxy) is 1. The monoisotopic (exact) mass is 326 g/mol. The van der Waals surface area contributed by atoms with Gasteiger partial charge in [-0.25, -0.2) is 4.98 Å². The molecule has 0 bridgehead atoms. The van der Waals surface area contributed by atoms with Gasteiger partial charge >= 0.3 is 6.18 Å². The summed E-state index contributed by atoms with van der Waals surface area (Å²) in [5, 5.41) is 0.380. The second-order valence-corrected chi connectivity index (χ2v) is 6.01. The van der Waals surface area contributed by atoms with Crippen molar-refractivity contribution in [2.75, 3.05) is 5.73 Å². The molecule has 0 radical (unpaired) electrons. The third kappa shape index (κ3) is 2.56. The van der Waals surface area contributed by atoms with Gasteiger partial charge in [0.1, 0.15) is 11.9 Å². The molecule has 0 saturated heterocycles. The lowest BCUT2D eigenvalue weighted by Gasteiger charge is -2.25. The minimum Gasteiger partial charge on any atom is -0.484 e. The van der Waals surface area contributed by atoms with Crippen LogP contribution in [0.3, 0.4) is 0 Å². The van der Waals surface area contributed by atoms with E-state index in [4.69, 9.17) is 10.5 Å². The standard InChI is InChI=1S/C15H13F3N2OS/c1-2-3-4-10-13-12(20-14(19)22-13)9-6-5-8(15(16,17)18)7-11(9)21-10/h2,5-7,10H,1,3-4H2,(H2,19,20). The van der Waals surface area contributed by atoms with Gasteiger partial charge in [-0.1, -0.05) is 17.4 Å². The third-order valence-electron chi connectivity index (χ3n) is 3.43. The Labute approximate surface area is 129 Å². The average molecular weight is 326 g/mol. The lowest BCUT2D eigenvalue weighted by Crippen LogP contribution is -2.14. The zero-order chi connectivity index (χ0) is 15.9. The summed E-state index contributed by atoms with van der Waals surface area (Å²) >= 11 is 1.31. The van der Waals surface area contributed by atoms with E-state index in [9.17, 15) is 13.2 Å². The van der Waals surface area contributed by atoms with E-state index in [2.05, 4.69) is 11.6 Å². The van der Waals surface area contributed by atoms with Crippen LogP contribution in [0.15, 0.2) is 30.9 Å². The number of nitrogens with zero attached hydrogens (tertiary/aromatic N) is 1. The van der Waals surface area contributed by atoms with Crippen molar-refractivity contribution in [3.63, 3.8) is 0 Å². The van der Waals surface area contributed by atoms with Crippen LogP contribution >= 0.6 is 11.3 Å². The number of hydrogen-bond acceptors (Lipinski definition) is 4. The van der Waals surface area contributed by atoms with E-state index in [1.165, 1.54) is 17.4 Å². The molecule has 2 aromatic rings. The highest BCUT2D eigenvalue weighted by Gasteiger charge is 2.35. The summed E-state index contributed by atoms with van der Waals surface area (Å²) in [4.78, 5) is 5.11. The zero-order valence-corrected chi connectivity index (χ0v) is 12.3. The van der Waals surface area contributed by atoms with Crippen molar-refractivity contribution >= 4 is 16.5 Å². The number of allylic oxidation sites excluding steroid dienone is 1. The number of fused-ring (bicyclic) bond motifs is 3.